The largest absolute Gasteiger partial charge is 0.334 e. The van der Waals surface area contributed by atoms with Crippen molar-refractivity contribution in [2.24, 2.45) is 0 Å². The van der Waals surface area contributed by atoms with Gasteiger partial charge in [0.15, 0.2) is 0 Å². The van der Waals surface area contributed by atoms with Gasteiger partial charge in [-0.3, -0.25) is 4.98 Å². The Morgan fingerprint density at radius 2 is 1.68 bits per heavy atom. The van der Waals surface area contributed by atoms with Gasteiger partial charge in [-0.25, -0.2) is 4.98 Å². The summed E-state index contributed by atoms with van der Waals surface area (Å²) in [6, 6.07) is 7.49. The van der Waals surface area contributed by atoms with E-state index in [4.69, 9.17) is 16.1 Å². The van der Waals surface area contributed by atoms with Gasteiger partial charge in [-0.05, 0) is 44.5 Å². The number of nitrogens with zero attached hydrogens (tertiary/aromatic N) is 4. The molecule has 3 rings (SSSR count). The highest BCUT2D eigenvalue weighted by Crippen LogP contribution is 2.25. The molecule has 0 aliphatic carbocycles. The molecular weight excluding hydrogens is 300 g/mol. The number of hydrogen-bond donors (Lipinski definition) is 0. The summed E-state index contributed by atoms with van der Waals surface area (Å²) in [6.45, 7) is 5.89. The first-order valence-electron chi connectivity index (χ1n) is 7.01. The summed E-state index contributed by atoms with van der Waals surface area (Å²) in [5.74, 6) is 0.968. The van der Waals surface area contributed by atoms with E-state index >= 15 is 0 Å². The third kappa shape index (κ3) is 2.99. The van der Waals surface area contributed by atoms with Gasteiger partial charge in [-0.15, -0.1) is 0 Å². The van der Waals surface area contributed by atoms with Crippen LogP contribution in [0.2, 0.25) is 5.15 Å². The molecule has 22 heavy (non-hydrogen) atoms. The molecule has 0 saturated heterocycles. The van der Waals surface area contributed by atoms with Gasteiger partial charge < -0.3 is 4.52 Å². The fourth-order valence-electron chi connectivity index (χ4n) is 2.26. The minimum absolute atomic E-state index is 0.405. The molecule has 0 radical (unpaired) electrons. The summed E-state index contributed by atoms with van der Waals surface area (Å²) in [6.07, 6.45) is 0.860. The van der Waals surface area contributed by atoms with E-state index in [0.29, 0.717) is 16.9 Å². The van der Waals surface area contributed by atoms with Crippen LogP contribution in [-0.2, 0) is 6.42 Å². The van der Waals surface area contributed by atoms with E-state index < -0.39 is 0 Å². The molecule has 0 spiro atoms. The Labute approximate surface area is 133 Å². The molecule has 0 aliphatic rings. The zero-order chi connectivity index (χ0) is 15.7. The summed E-state index contributed by atoms with van der Waals surface area (Å²) in [5, 5.41) is 4.47. The maximum Gasteiger partial charge on any atom is 0.258 e. The molecule has 0 atom stereocenters. The molecular formula is C16H15ClN4O. The quantitative estimate of drug-likeness (QED) is 0.683. The molecule has 5 nitrogen and oxygen atoms in total. The monoisotopic (exact) mass is 314 g/mol. The number of aromatic nitrogens is 4. The van der Waals surface area contributed by atoms with Crippen molar-refractivity contribution in [2.75, 3.05) is 0 Å². The Hall–Kier alpha value is -2.27. The number of pyridine rings is 2. The van der Waals surface area contributed by atoms with Crippen LogP contribution in [0.1, 0.15) is 24.0 Å². The van der Waals surface area contributed by atoms with Crippen molar-refractivity contribution in [1.29, 1.82) is 0 Å². The van der Waals surface area contributed by atoms with Crippen LogP contribution >= 0.6 is 11.6 Å². The molecule has 6 heteroatoms. The van der Waals surface area contributed by atoms with Crippen LogP contribution in [0.4, 0.5) is 0 Å². The summed E-state index contributed by atoms with van der Waals surface area (Å²) < 4.78 is 5.36. The average molecular weight is 315 g/mol. The second kappa shape index (κ2) is 5.85. The van der Waals surface area contributed by atoms with Crippen molar-refractivity contribution in [2.45, 2.75) is 27.2 Å². The molecule has 0 aliphatic heterocycles. The Balaban J connectivity index is 2.02. The first-order valence-corrected chi connectivity index (χ1v) is 7.39. The van der Waals surface area contributed by atoms with E-state index in [-0.39, 0.29) is 0 Å². The van der Waals surface area contributed by atoms with E-state index in [1.54, 1.807) is 6.07 Å². The van der Waals surface area contributed by atoms with Crippen molar-refractivity contribution in [3.63, 3.8) is 0 Å². The average Bonchev–Trinajstić information content (AvgIpc) is 2.95. The minimum Gasteiger partial charge on any atom is -0.334 e. The van der Waals surface area contributed by atoms with Crippen LogP contribution in [0.25, 0.3) is 22.8 Å². The predicted octanol–water partition coefficient (Wildman–Crippen LogP) is 4.03. The molecule has 0 bridgehead atoms. The van der Waals surface area contributed by atoms with Crippen molar-refractivity contribution in [3.8, 4) is 22.8 Å². The van der Waals surface area contributed by atoms with Crippen molar-refractivity contribution in [3.05, 3.63) is 46.5 Å². The minimum atomic E-state index is 0.405. The van der Waals surface area contributed by atoms with Crippen molar-refractivity contribution in [1.82, 2.24) is 20.1 Å². The molecule has 3 aromatic heterocycles. The van der Waals surface area contributed by atoms with Gasteiger partial charge in [0.1, 0.15) is 5.15 Å². The van der Waals surface area contributed by atoms with Crippen molar-refractivity contribution >= 4 is 11.6 Å². The van der Waals surface area contributed by atoms with Crippen LogP contribution in [-0.4, -0.2) is 20.1 Å². The van der Waals surface area contributed by atoms with Gasteiger partial charge in [0.25, 0.3) is 5.89 Å². The standard InChI is InChI=1S/C16H15ClN4O/c1-4-13-7-11(5-9(2)18-13)15-20-16(22-21-15)12-6-10(3)19-14(17)8-12/h5-8H,4H2,1-3H3. The first kappa shape index (κ1) is 14.7. The third-order valence-electron chi connectivity index (χ3n) is 3.22. The van der Waals surface area contributed by atoms with Gasteiger partial charge in [0, 0.05) is 28.2 Å². The van der Waals surface area contributed by atoms with Crippen molar-refractivity contribution < 1.29 is 4.52 Å². The zero-order valence-corrected chi connectivity index (χ0v) is 13.3. The van der Waals surface area contributed by atoms with E-state index in [2.05, 4.69) is 27.0 Å². The topological polar surface area (TPSA) is 64.7 Å². The number of rotatable bonds is 3. The number of halogens is 1. The van der Waals surface area contributed by atoms with Gasteiger partial charge >= 0.3 is 0 Å². The molecule has 0 saturated carbocycles. The molecule has 0 aromatic carbocycles. The highest BCUT2D eigenvalue weighted by atomic mass is 35.5. The summed E-state index contributed by atoms with van der Waals surface area (Å²) in [7, 11) is 0. The Morgan fingerprint density at radius 3 is 2.41 bits per heavy atom. The molecule has 0 unspecified atom stereocenters. The normalized spacial score (nSPS) is 10.9. The number of hydrogen-bond acceptors (Lipinski definition) is 5. The third-order valence-corrected chi connectivity index (χ3v) is 3.42. The number of aryl methyl sites for hydroxylation is 3. The van der Waals surface area contributed by atoms with Gasteiger partial charge in [0.2, 0.25) is 5.82 Å². The lowest BCUT2D eigenvalue weighted by Gasteiger charge is -2.01. The highest BCUT2D eigenvalue weighted by molar-refractivity contribution is 6.29. The Bertz CT molecular complexity index is 809. The smallest absolute Gasteiger partial charge is 0.258 e. The summed E-state index contributed by atoms with van der Waals surface area (Å²) >= 11 is 5.97. The SMILES string of the molecule is CCc1cc(-c2noc(-c3cc(C)nc(Cl)c3)n2)cc(C)n1. The second-order valence-electron chi connectivity index (χ2n) is 5.09. The lowest BCUT2D eigenvalue weighted by atomic mass is 10.1. The molecule has 3 aromatic rings. The van der Waals surface area contributed by atoms with E-state index in [9.17, 15) is 0 Å². The predicted molar refractivity (Wildman–Crippen MR) is 84.6 cm³/mol. The van der Waals surface area contributed by atoms with Crippen LogP contribution < -0.4 is 0 Å². The molecule has 0 amide bonds. The van der Waals surface area contributed by atoms with Crippen LogP contribution in [0, 0.1) is 13.8 Å². The highest BCUT2D eigenvalue weighted by Gasteiger charge is 2.13. The van der Waals surface area contributed by atoms with E-state index in [1.807, 2.05) is 32.0 Å². The zero-order valence-electron chi connectivity index (χ0n) is 12.6. The fourth-order valence-corrected chi connectivity index (χ4v) is 2.51. The fraction of sp³-hybridized carbons (Fsp3) is 0.250. The lowest BCUT2D eigenvalue weighted by Crippen LogP contribution is -1.92. The molecule has 112 valence electrons. The van der Waals surface area contributed by atoms with E-state index in [0.717, 1.165) is 34.6 Å². The van der Waals surface area contributed by atoms with Crippen LogP contribution in [0.3, 0.4) is 0 Å². The van der Waals surface area contributed by atoms with E-state index in [1.165, 1.54) is 0 Å². The maximum absolute atomic E-state index is 5.97. The van der Waals surface area contributed by atoms with Gasteiger partial charge in [0.05, 0.1) is 0 Å². The second-order valence-corrected chi connectivity index (χ2v) is 5.47. The summed E-state index contributed by atoms with van der Waals surface area (Å²) in [5.41, 5.74) is 4.40. The molecule has 3 heterocycles. The van der Waals surface area contributed by atoms with Crippen LogP contribution in [0.15, 0.2) is 28.8 Å². The van der Waals surface area contributed by atoms with Gasteiger partial charge in [-0.2, -0.15) is 4.98 Å². The lowest BCUT2D eigenvalue weighted by molar-refractivity contribution is 0.432. The molecule has 0 fully saturated rings. The molecule has 0 N–H and O–H groups in total. The Kier molecular flexibility index (Phi) is 3.90. The first-order chi connectivity index (χ1) is 10.5. The Morgan fingerprint density at radius 1 is 0.955 bits per heavy atom. The van der Waals surface area contributed by atoms with Crippen LogP contribution in [0.5, 0.6) is 0 Å². The van der Waals surface area contributed by atoms with Gasteiger partial charge in [-0.1, -0.05) is 23.7 Å². The summed E-state index contributed by atoms with van der Waals surface area (Å²) in [4.78, 5) is 13.0. The maximum atomic E-state index is 5.97.